The Balaban J connectivity index is 1.26. The minimum absolute atomic E-state index is 0.0743. The second-order valence-corrected chi connectivity index (χ2v) is 11.6. The van der Waals surface area contributed by atoms with Crippen LogP contribution < -0.4 is 5.32 Å². The first-order chi connectivity index (χ1) is 17.9. The fourth-order valence-corrected chi connectivity index (χ4v) is 7.80. The maximum Gasteiger partial charge on any atom is 0.233 e. The number of rotatable bonds is 3. The third kappa shape index (κ3) is 3.12. The molecule has 1 amide bonds. The van der Waals surface area contributed by atoms with Crippen molar-refractivity contribution >= 4 is 38.6 Å². The summed E-state index contributed by atoms with van der Waals surface area (Å²) in [6, 6.07) is 27.4. The van der Waals surface area contributed by atoms with E-state index in [9.17, 15) is 9.18 Å². The molecule has 8 rings (SSSR count). The van der Waals surface area contributed by atoms with E-state index < -0.39 is 9.74 Å². The molecular weight excluding hydrogens is 529 g/mol. The molecule has 0 aliphatic heterocycles. The van der Waals surface area contributed by atoms with Crippen LogP contribution in [0.1, 0.15) is 41.5 Å². The molecule has 0 fully saturated rings. The van der Waals surface area contributed by atoms with Gasteiger partial charge in [0, 0.05) is 16.9 Å². The Morgan fingerprint density at radius 3 is 2.27 bits per heavy atom. The standard InChI is InChI=1S/C31H23BrFN3O/c1-30(17-31(32)23-12-6-4-10-21(23)27(30)22-11-5-7-13-24(22)31)28(37)36-29-34-16-26(35-29)20-14-15-25(33)19-9-3-2-8-18(19)20/h2-16,27H,17H2,1H3,(H2,34,35,36,37). The summed E-state index contributed by atoms with van der Waals surface area (Å²) >= 11 is 4.09. The molecule has 3 aliphatic rings. The van der Waals surface area contributed by atoms with Gasteiger partial charge in [0.25, 0.3) is 0 Å². The number of aromatic nitrogens is 2. The number of fused-ring (bicyclic) bond motifs is 2. The Bertz CT molecular complexity index is 1680. The molecule has 6 heteroatoms. The molecule has 0 saturated heterocycles. The van der Waals surface area contributed by atoms with Crippen molar-refractivity contribution in [3.05, 3.63) is 119 Å². The highest BCUT2D eigenvalue weighted by molar-refractivity contribution is 9.09. The van der Waals surface area contributed by atoms with E-state index in [1.165, 1.54) is 28.3 Å². The zero-order valence-corrected chi connectivity index (χ0v) is 21.6. The summed E-state index contributed by atoms with van der Waals surface area (Å²) in [4.78, 5) is 21.7. The van der Waals surface area contributed by atoms with Crippen molar-refractivity contribution in [3.63, 3.8) is 0 Å². The lowest BCUT2D eigenvalue weighted by Crippen LogP contribution is -2.52. The summed E-state index contributed by atoms with van der Waals surface area (Å²) in [6.45, 7) is 2.05. The monoisotopic (exact) mass is 551 g/mol. The van der Waals surface area contributed by atoms with Crippen LogP contribution in [0.15, 0.2) is 91.1 Å². The lowest BCUT2D eigenvalue weighted by Gasteiger charge is -2.54. The van der Waals surface area contributed by atoms with Crippen molar-refractivity contribution < 1.29 is 9.18 Å². The van der Waals surface area contributed by atoms with Gasteiger partial charge in [-0.25, -0.2) is 9.37 Å². The number of imidazole rings is 1. The van der Waals surface area contributed by atoms with Crippen LogP contribution in [0.5, 0.6) is 0 Å². The van der Waals surface area contributed by atoms with E-state index in [2.05, 4.69) is 67.6 Å². The Hall–Kier alpha value is -3.77. The summed E-state index contributed by atoms with van der Waals surface area (Å²) in [5, 5.41) is 4.40. The number of nitrogens with zero attached hydrogens (tertiary/aromatic N) is 1. The number of amides is 1. The molecule has 2 N–H and O–H groups in total. The van der Waals surface area contributed by atoms with Crippen LogP contribution in [-0.2, 0) is 9.12 Å². The molecule has 4 aromatic carbocycles. The van der Waals surface area contributed by atoms with Crippen LogP contribution >= 0.6 is 15.9 Å². The van der Waals surface area contributed by atoms with Gasteiger partial charge in [0.2, 0.25) is 11.9 Å². The van der Waals surface area contributed by atoms with E-state index in [0.29, 0.717) is 17.8 Å². The number of hydrogen-bond acceptors (Lipinski definition) is 2. The fraction of sp³-hybridized carbons (Fsp3) is 0.161. The van der Waals surface area contributed by atoms with Gasteiger partial charge in [-0.2, -0.15) is 0 Å². The van der Waals surface area contributed by atoms with Gasteiger partial charge < -0.3 is 4.98 Å². The third-order valence-electron chi connectivity index (χ3n) is 8.13. The van der Waals surface area contributed by atoms with Crippen LogP contribution in [0.3, 0.4) is 0 Å². The number of hydrogen-bond donors (Lipinski definition) is 2. The predicted octanol–water partition coefficient (Wildman–Crippen LogP) is 7.50. The number of alkyl halides is 1. The zero-order valence-electron chi connectivity index (χ0n) is 20.1. The van der Waals surface area contributed by atoms with Crippen LogP contribution in [0.25, 0.3) is 22.0 Å². The summed E-state index contributed by atoms with van der Waals surface area (Å²) in [6.07, 6.45) is 2.31. The van der Waals surface area contributed by atoms with Crippen LogP contribution in [0, 0.1) is 11.2 Å². The lowest BCUT2D eigenvalue weighted by atomic mass is 9.52. The summed E-state index contributed by atoms with van der Waals surface area (Å²) in [7, 11) is 0. The molecule has 0 saturated carbocycles. The second kappa shape index (κ2) is 7.86. The minimum atomic E-state index is -0.707. The highest BCUT2D eigenvalue weighted by atomic mass is 79.9. The van der Waals surface area contributed by atoms with Gasteiger partial charge in [0.05, 0.1) is 21.6 Å². The van der Waals surface area contributed by atoms with Crippen molar-refractivity contribution in [2.24, 2.45) is 5.41 Å². The molecule has 5 aromatic rings. The van der Waals surface area contributed by atoms with Gasteiger partial charge in [-0.05, 0) is 53.1 Å². The summed E-state index contributed by atoms with van der Waals surface area (Å²) < 4.78 is 13.9. The molecule has 37 heavy (non-hydrogen) atoms. The minimum Gasteiger partial charge on any atom is -0.324 e. The molecule has 1 heterocycles. The van der Waals surface area contributed by atoms with E-state index in [0.717, 1.165) is 16.6 Å². The van der Waals surface area contributed by atoms with Crippen molar-refractivity contribution in [2.75, 3.05) is 5.32 Å². The average Bonchev–Trinajstić information content (AvgIpc) is 3.37. The molecular formula is C31H23BrFN3O. The summed E-state index contributed by atoms with van der Waals surface area (Å²) in [5.41, 5.74) is 5.66. The largest absolute Gasteiger partial charge is 0.324 e. The van der Waals surface area contributed by atoms with E-state index in [4.69, 9.17) is 0 Å². The maximum atomic E-state index is 14.3. The molecule has 2 bridgehead atoms. The van der Waals surface area contributed by atoms with Crippen LogP contribution in [0.2, 0.25) is 0 Å². The third-order valence-corrected chi connectivity index (χ3v) is 9.27. The molecule has 4 nitrogen and oxygen atoms in total. The topological polar surface area (TPSA) is 57.8 Å². The van der Waals surface area contributed by atoms with E-state index in [1.807, 2.05) is 37.3 Å². The van der Waals surface area contributed by atoms with E-state index >= 15 is 0 Å². The van der Waals surface area contributed by atoms with Crippen molar-refractivity contribution in [3.8, 4) is 11.3 Å². The molecule has 1 atom stereocenters. The van der Waals surface area contributed by atoms with Crippen molar-refractivity contribution in [1.82, 2.24) is 9.97 Å². The quantitative estimate of drug-likeness (QED) is 0.228. The number of carbonyl (C=O) groups is 1. The van der Waals surface area contributed by atoms with Gasteiger partial charge >= 0.3 is 0 Å². The zero-order chi connectivity index (χ0) is 25.4. The molecule has 3 aliphatic carbocycles. The van der Waals surface area contributed by atoms with E-state index in [-0.39, 0.29) is 17.6 Å². The average molecular weight is 552 g/mol. The Morgan fingerprint density at radius 2 is 1.57 bits per heavy atom. The normalized spacial score (nSPS) is 23.5. The first kappa shape index (κ1) is 22.4. The Morgan fingerprint density at radius 1 is 0.946 bits per heavy atom. The molecule has 1 unspecified atom stereocenters. The Kier molecular flexibility index (Phi) is 4.77. The van der Waals surface area contributed by atoms with Gasteiger partial charge in [-0.15, -0.1) is 0 Å². The lowest BCUT2D eigenvalue weighted by molar-refractivity contribution is -0.127. The highest BCUT2D eigenvalue weighted by Gasteiger charge is 2.59. The van der Waals surface area contributed by atoms with Gasteiger partial charge in [0.15, 0.2) is 0 Å². The second-order valence-electron chi connectivity index (χ2n) is 10.2. The number of halogens is 2. The number of carbonyl (C=O) groups excluding carboxylic acids is 1. The molecule has 182 valence electrons. The number of anilines is 1. The summed E-state index contributed by atoms with van der Waals surface area (Å²) in [5.74, 6) is -0.0526. The molecule has 1 aromatic heterocycles. The van der Waals surface area contributed by atoms with Crippen molar-refractivity contribution in [1.29, 1.82) is 0 Å². The smallest absolute Gasteiger partial charge is 0.233 e. The maximum absolute atomic E-state index is 14.3. The van der Waals surface area contributed by atoms with Crippen LogP contribution in [-0.4, -0.2) is 15.9 Å². The van der Waals surface area contributed by atoms with Gasteiger partial charge in [-0.3, -0.25) is 10.1 Å². The predicted molar refractivity (Wildman–Crippen MR) is 147 cm³/mol. The number of aromatic amines is 1. The first-order valence-electron chi connectivity index (χ1n) is 12.3. The first-order valence-corrected chi connectivity index (χ1v) is 13.1. The number of benzene rings is 4. The Labute approximate surface area is 222 Å². The molecule has 0 radical (unpaired) electrons. The van der Waals surface area contributed by atoms with Crippen molar-refractivity contribution in [2.45, 2.75) is 23.6 Å². The van der Waals surface area contributed by atoms with Gasteiger partial charge in [0.1, 0.15) is 5.82 Å². The van der Waals surface area contributed by atoms with E-state index in [1.54, 1.807) is 18.3 Å². The van der Waals surface area contributed by atoms with Gasteiger partial charge in [-0.1, -0.05) is 88.7 Å². The highest BCUT2D eigenvalue weighted by Crippen LogP contribution is 2.66. The number of nitrogens with one attached hydrogen (secondary N) is 2. The number of H-pyrrole nitrogens is 1. The molecule has 0 spiro atoms. The fourth-order valence-electron chi connectivity index (χ4n) is 6.50. The SMILES string of the molecule is CC1(C(=O)Nc2ncc(-c3ccc(F)c4ccccc34)[nH]2)CC2(Br)c3ccccc3C1c1ccccc12. The van der Waals surface area contributed by atoms with Crippen LogP contribution in [0.4, 0.5) is 10.3 Å².